The Bertz CT molecular complexity index is 795. The molecule has 3 rings (SSSR count). The molecule has 0 bridgehead atoms. The summed E-state index contributed by atoms with van der Waals surface area (Å²) in [5.41, 5.74) is 1.00. The van der Waals surface area contributed by atoms with E-state index < -0.39 is 47.7 Å². The lowest BCUT2D eigenvalue weighted by Crippen LogP contribution is -2.43. The van der Waals surface area contributed by atoms with Gasteiger partial charge in [-0.25, -0.2) is 4.79 Å². The third kappa shape index (κ3) is 3.61. The van der Waals surface area contributed by atoms with Crippen LogP contribution in [0.2, 0.25) is 0 Å². The maximum Gasteiger partial charge on any atom is 0.333 e. The number of aliphatic hydroxyl groups is 1. The molecule has 1 saturated heterocycles. The summed E-state index contributed by atoms with van der Waals surface area (Å²) in [4.78, 5) is 36.9. The molecule has 160 valence electrons. The highest BCUT2D eigenvalue weighted by atomic mass is 16.6. The topological polar surface area (TPSA) is 99.1 Å². The number of carbonyl (C=O) groups excluding carboxylic acids is 3. The van der Waals surface area contributed by atoms with Gasteiger partial charge in [0.1, 0.15) is 17.8 Å². The van der Waals surface area contributed by atoms with Crippen molar-refractivity contribution in [1.82, 2.24) is 0 Å². The fourth-order valence-corrected chi connectivity index (χ4v) is 5.10. The van der Waals surface area contributed by atoms with Crippen LogP contribution in [0.4, 0.5) is 0 Å². The van der Waals surface area contributed by atoms with Gasteiger partial charge in [0.05, 0.1) is 17.9 Å². The molecule has 3 aliphatic rings. The molecule has 29 heavy (non-hydrogen) atoms. The number of esters is 3. The number of aliphatic hydroxyl groups excluding tert-OH is 1. The van der Waals surface area contributed by atoms with Crippen molar-refractivity contribution >= 4 is 17.9 Å². The standard InChI is InChI=1S/C22H30O7/c1-7-10(2)20(25)27-16-9-22(6,29-13(5)23)14-8-15(24)11(3)17(14)19-18(16)12(4)21(26)28-19/h7,12,14-16,18-19,24H,8-9H2,1-6H3/b10-7-/t12-,14+,15-,16+,18+,19+,22-/m0/s1. The second-order valence-electron chi connectivity index (χ2n) is 8.69. The molecule has 1 aliphatic heterocycles. The average molecular weight is 406 g/mol. The number of allylic oxidation sites excluding steroid dienone is 1. The maximum absolute atomic E-state index is 12.6. The summed E-state index contributed by atoms with van der Waals surface area (Å²) >= 11 is 0. The van der Waals surface area contributed by atoms with Gasteiger partial charge >= 0.3 is 17.9 Å². The Morgan fingerprint density at radius 2 is 1.97 bits per heavy atom. The van der Waals surface area contributed by atoms with Gasteiger partial charge in [-0.2, -0.15) is 0 Å². The number of ether oxygens (including phenoxy) is 3. The van der Waals surface area contributed by atoms with E-state index in [-0.39, 0.29) is 18.3 Å². The van der Waals surface area contributed by atoms with E-state index in [1.54, 1.807) is 33.8 Å². The van der Waals surface area contributed by atoms with Crippen LogP contribution in [-0.4, -0.2) is 46.9 Å². The zero-order valence-electron chi connectivity index (χ0n) is 17.9. The van der Waals surface area contributed by atoms with Crippen LogP contribution in [0.25, 0.3) is 0 Å². The molecule has 7 atom stereocenters. The first kappa shape index (κ1) is 21.6. The Labute approximate surface area is 171 Å². The predicted octanol–water partition coefficient (Wildman–Crippen LogP) is 2.46. The van der Waals surface area contributed by atoms with Crippen molar-refractivity contribution < 1.29 is 33.7 Å². The minimum atomic E-state index is -0.995. The molecule has 1 N–H and O–H groups in total. The molecule has 0 aromatic heterocycles. The molecule has 1 saturated carbocycles. The van der Waals surface area contributed by atoms with Crippen molar-refractivity contribution in [3.63, 3.8) is 0 Å². The van der Waals surface area contributed by atoms with E-state index in [1.165, 1.54) is 6.92 Å². The summed E-state index contributed by atoms with van der Waals surface area (Å²) < 4.78 is 17.3. The predicted molar refractivity (Wildman–Crippen MR) is 103 cm³/mol. The van der Waals surface area contributed by atoms with Gasteiger partial charge in [0, 0.05) is 24.8 Å². The van der Waals surface area contributed by atoms with E-state index in [9.17, 15) is 19.5 Å². The van der Waals surface area contributed by atoms with Crippen molar-refractivity contribution in [2.75, 3.05) is 0 Å². The minimum absolute atomic E-state index is 0.228. The molecule has 2 aliphatic carbocycles. The summed E-state index contributed by atoms with van der Waals surface area (Å²) in [6, 6.07) is 0. The van der Waals surface area contributed by atoms with Crippen molar-refractivity contribution in [3.8, 4) is 0 Å². The van der Waals surface area contributed by atoms with Crippen LogP contribution in [0.5, 0.6) is 0 Å². The smallest absolute Gasteiger partial charge is 0.333 e. The Kier molecular flexibility index (Phi) is 5.64. The van der Waals surface area contributed by atoms with Crippen LogP contribution in [0, 0.1) is 17.8 Å². The molecule has 2 fully saturated rings. The lowest BCUT2D eigenvalue weighted by atomic mass is 9.81. The third-order valence-electron chi connectivity index (χ3n) is 6.80. The quantitative estimate of drug-likeness (QED) is 0.333. The molecule has 0 unspecified atom stereocenters. The normalized spacial score (nSPS) is 39.4. The second-order valence-corrected chi connectivity index (χ2v) is 8.69. The molecular formula is C22H30O7. The van der Waals surface area contributed by atoms with Crippen molar-refractivity contribution in [2.45, 2.75) is 78.3 Å². The SMILES string of the molecule is C/C=C(/C)C(=O)O[C@@H]1C[C@](C)(OC(C)=O)[C@@H]2C[C@H](O)C(C)=C2[C@H]2OC(=O)[C@@H](C)[C@@H]21. The van der Waals surface area contributed by atoms with Crippen LogP contribution >= 0.6 is 0 Å². The summed E-state index contributed by atoms with van der Waals surface area (Å²) in [5, 5.41) is 10.5. The fourth-order valence-electron chi connectivity index (χ4n) is 5.10. The van der Waals surface area contributed by atoms with Crippen molar-refractivity contribution in [1.29, 1.82) is 0 Å². The molecule has 0 aromatic rings. The molecule has 7 heteroatoms. The van der Waals surface area contributed by atoms with Crippen LogP contribution < -0.4 is 0 Å². The molecule has 1 heterocycles. The number of hydrogen-bond acceptors (Lipinski definition) is 7. The van der Waals surface area contributed by atoms with Gasteiger partial charge in [0.2, 0.25) is 0 Å². The van der Waals surface area contributed by atoms with E-state index in [2.05, 4.69) is 0 Å². The lowest BCUT2D eigenvalue weighted by Gasteiger charge is -2.37. The largest absolute Gasteiger partial charge is 0.459 e. The van der Waals surface area contributed by atoms with Gasteiger partial charge in [0.25, 0.3) is 0 Å². The highest BCUT2D eigenvalue weighted by Gasteiger charge is 2.60. The summed E-state index contributed by atoms with van der Waals surface area (Å²) in [7, 11) is 0. The van der Waals surface area contributed by atoms with E-state index in [0.29, 0.717) is 12.0 Å². The van der Waals surface area contributed by atoms with Crippen LogP contribution in [-0.2, 0) is 28.6 Å². The van der Waals surface area contributed by atoms with E-state index in [4.69, 9.17) is 14.2 Å². The van der Waals surface area contributed by atoms with E-state index >= 15 is 0 Å². The zero-order chi connectivity index (χ0) is 21.7. The highest BCUT2D eigenvalue weighted by molar-refractivity contribution is 5.88. The summed E-state index contributed by atoms with van der Waals surface area (Å²) in [5.74, 6) is -2.48. The molecule has 0 aromatic carbocycles. The number of carbonyl (C=O) groups is 3. The first-order valence-corrected chi connectivity index (χ1v) is 10.1. The third-order valence-corrected chi connectivity index (χ3v) is 6.80. The first-order valence-electron chi connectivity index (χ1n) is 10.1. The first-order chi connectivity index (χ1) is 13.5. The molecule has 0 spiro atoms. The van der Waals surface area contributed by atoms with Gasteiger partial charge in [-0.1, -0.05) is 13.0 Å². The molecule has 0 amide bonds. The number of rotatable bonds is 3. The maximum atomic E-state index is 12.6. The number of fused-ring (bicyclic) bond motifs is 3. The van der Waals surface area contributed by atoms with Gasteiger partial charge < -0.3 is 19.3 Å². The van der Waals surface area contributed by atoms with E-state index in [1.807, 2.05) is 6.92 Å². The second kappa shape index (κ2) is 7.59. The zero-order valence-corrected chi connectivity index (χ0v) is 17.9. The number of hydrogen-bond donors (Lipinski definition) is 1. The Hall–Kier alpha value is -2.15. The Balaban J connectivity index is 2.11. The van der Waals surface area contributed by atoms with Crippen LogP contribution in [0.1, 0.15) is 54.4 Å². The molecular weight excluding hydrogens is 376 g/mol. The van der Waals surface area contributed by atoms with Gasteiger partial charge in [-0.05, 0) is 45.3 Å². The molecule has 0 radical (unpaired) electrons. The van der Waals surface area contributed by atoms with Crippen LogP contribution in [0.15, 0.2) is 22.8 Å². The lowest BCUT2D eigenvalue weighted by molar-refractivity contribution is -0.168. The van der Waals surface area contributed by atoms with Gasteiger partial charge in [-0.3, -0.25) is 9.59 Å². The Morgan fingerprint density at radius 1 is 1.31 bits per heavy atom. The summed E-state index contributed by atoms with van der Waals surface area (Å²) in [6.45, 7) is 10.1. The van der Waals surface area contributed by atoms with E-state index in [0.717, 1.165) is 11.1 Å². The Morgan fingerprint density at radius 3 is 2.55 bits per heavy atom. The minimum Gasteiger partial charge on any atom is -0.459 e. The van der Waals surface area contributed by atoms with Crippen molar-refractivity contribution in [3.05, 3.63) is 22.8 Å². The molecule has 7 nitrogen and oxygen atoms in total. The van der Waals surface area contributed by atoms with Gasteiger partial charge in [-0.15, -0.1) is 0 Å². The van der Waals surface area contributed by atoms with Crippen LogP contribution in [0.3, 0.4) is 0 Å². The highest BCUT2D eigenvalue weighted by Crippen LogP contribution is 2.53. The average Bonchev–Trinajstić information content (AvgIpc) is 3.06. The monoisotopic (exact) mass is 406 g/mol. The van der Waals surface area contributed by atoms with Crippen molar-refractivity contribution in [2.24, 2.45) is 17.8 Å². The summed E-state index contributed by atoms with van der Waals surface area (Å²) in [6.07, 6.45) is 0.293. The van der Waals surface area contributed by atoms with Gasteiger partial charge in [0.15, 0.2) is 0 Å². The fraction of sp³-hybridized carbons (Fsp3) is 0.682.